The van der Waals surface area contributed by atoms with Gasteiger partial charge < -0.3 is 19.8 Å². The van der Waals surface area contributed by atoms with E-state index in [1.54, 1.807) is 6.07 Å². The lowest BCUT2D eigenvalue weighted by Crippen LogP contribution is -2.33. The number of likely N-dealkylation sites (tertiary alicyclic amines) is 1. The van der Waals surface area contributed by atoms with E-state index in [1.165, 1.54) is 12.8 Å². The second-order valence-corrected chi connectivity index (χ2v) is 7.75. The van der Waals surface area contributed by atoms with Crippen LogP contribution in [0.15, 0.2) is 42.5 Å². The molecule has 0 radical (unpaired) electrons. The third-order valence-corrected chi connectivity index (χ3v) is 5.63. The van der Waals surface area contributed by atoms with Crippen molar-refractivity contribution in [2.75, 3.05) is 26.2 Å². The summed E-state index contributed by atoms with van der Waals surface area (Å²) in [6.07, 6.45) is 2.40. The van der Waals surface area contributed by atoms with Crippen LogP contribution >= 0.6 is 0 Å². The number of hydrogen-bond donors (Lipinski definition) is 2. The lowest BCUT2D eigenvalue weighted by molar-refractivity contribution is -0.0131. The van der Waals surface area contributed by atoms with Gasteiger partial charge in [-0.2, -0.15) is 0 Å². The van der Waals surface area contributed by atoms with Gasteiger partial charge in [0.1, 0.15) is 0 Å². The molecule has 3 rings (SSSR count). The van der Waals surface area contributed by atoms with Crippen molar-refractivity contribution < 1.29 is 19.7 Å². The summed E-state index contributed by atoms with van der Waals surface area (Å²) >= 11 is 0. The molecule has 1 fully saturated rings. The minimum absolute atomic E-state index is 0.177. The van der Waals surface area contributed by atoms with E-state index >= 15 is 0 Å². The predicted octanol–water partition coefficient (Wildman–Crippen LogP) is 4.15. The Bertz CT molecular complexity index is 829. The zero-order chi connectivity index (χ0) is 20.8. The van der Waals surface area contributed by atoms with Crippen LogP contribution in [-0.4, -0.2) is 53.4 Å². The molecule has 2 N–H and O–H groups in total. The maximum atomic E-state index is 11.4. The zero-order valence-electron chi connectivity index (χ0n) is 17.3. The molecule has 0 spiro atoms. The summed E-state index contributed by atoms with van der Waals surface area (Å²) in [4.78, 5) is 13.7. The number of aromatic carboxylic acids is 1. The van der Waals surface area contributed by atoms with Crippen molar-refractivity contribution >= 4 is 5.97 Å². The molecule has 2 atom stereocenters. The molecule has 1 saturated heterocycles. The van der Waals surface area contributed by atoms with Crippen molar-refractivity contribution in [1.29, 1.82) is 0 Å². The smallest absolute Gasteiger partial charge is 0.335 e. The molecule has 5 heteroatoms. The summed E-state index contributed by atoms with van der Waals surface area (Å²) in [6.45, 7) is 7.02. The average molecular weight is 398 g/mol. The van der Waals surface area contributed by atoms with Crippen molar-refractivity contribution in [3.05, 3.63) is 59.2 Å². The van der Waals surface area contributed by atoms with Crippen molar-refractivity contribution in [2.45, 2.75) is 45.3 Å². The van der Waals surface area contributed by atoms with E-state index in [1.807, 2.05) is 50.2 Å². The minimum Gasteiger partial charge on any atom is -0.478 e. The van der Waals surface area contributed by atoms with Crippen LogP contribution in [0.1, 0.15) is 54.3 Å². The SMILES string of the molecule is CCc1cc(-c2ccccc2C(C)OCC(O)CN2CCCC2)ccc1C(=O)O. The van der Waals surface area contributed by atoms with Gasteiger partial charge in [0.05, 0.1) is 24.4 Å². The first kappa shape index (κ1) is 21.5. The van der Waals surface area contributed by atoms with Gasteiger partial charge in [-0.1, -0.05) is 43.3 Å². The molecule has 0 bridgehead atoms. The van der Waals surface area contributed by atoms with E-state index in [4.69, 9.17) is 4.74 Å². The molecule has 0 saturated carbocycles. The van der Waals surface area contributed by atoms with Gasteiger partial charge in [0.2, 0.25) is 0 Å². The molecule has 0 aromatic heterocycles. The highest BCUT2D eigenvalue weighted by Crippen LogP contribution is 2.31. The van der Waals surface area contributed by atoms with Gasteiger partial charge in [-0.25, -0.2) is 4.79 Å². The Kier molecular flexibility index (Phi) is 7.42. The monoisotopic (exact) mass is 397 g/mol. The van der Waals surface area contributed by atoms with Gasteiger partial charge in [-0.3, -0.25) is 0 Å². The van der Waals surface area contributed by atoms with E-state index in [9.17, 15) is 15.0 Å². The van der Waals surface area contributed by atoms with Crippen LogP contribution < -0.4 is 0 Å². The zero-order valence-corrected chi connectivity index (χ0v) is 17.3. The fraction of sp³-hybridized carbons (Fsp3) is 0.458. The Hall–Kier alpha value is -2.21. The summed E-state index contributed by atoms with van der Waals surface area (Å²) in [5.74, 6) is -0.898. The highest BCUT2D eigenvalue weighted by Gasteiger charge is 2.19. The van der Waals surface area contributed by atoms with Crippen molar-refractivity contribution in [3.8, 4) is 11.1 Å². The number of ether oxygens (including phenoxy) is 1. The van der Waals surface area contributed by atoms with Crippen LogP contribution in [0.4, 0.5) is 0 Å². The van der Waals surface area contributed by atoms with Crippen LogP contribution in [0, 0.1) is 0 Å². The van der Waals surface area contributed by atoms with Crippen LogP contribution in [-0.2, 0) is 11.2 Å². The largest absolute Gasteiger partial charge is 0.478 e. The quantitative estimate of drug-likeness (QED) is 0.665. The van der Waals surface area contributed by atoms with E-state index in [2.05, 4.69) is 4.90 Å². The van der Waals surface area contributed by atoms with Crippen LogP contribution in [0.5, 0.6) is 0 Å². The molecule has 156 valence electrons. The summed E-state index contributed by atoms with van der Waals surface area (Å²) in [6, 6.07) is 13.5. The first-order chi connectivity index (χ1) is 14.0. The Morgan fingerprint density at radius 2 is 1.90 bits per heavy atom. The van der Waals surface area contributed by atoms with Gasteiger partial charge in [0.25, 0.3) is 0 Å². The molecule has 2 unspecified atom stereocenters. The Labute approximate surface area is 172 Å². The number of carbonyl (C=O) groups is 1. The third-order valence-electron chi connectivity index (χ3n) is 5.63. The topological polar surface area (TPSA) is 70.0 Å². The first-order valence-corrected chi connectivity index (χ1v) is 10.5. The number of aryl methyl sites for hydroxylation is 1. The second-order valence-electron chi connectivity index (χ2n) is 7.75. The predicted molar refractivity (Wildman–Crippen MR) is 114 cm³/mol. The molecule has 5 nitrogen and oxygen atoms in total. The summed E-state index contributed by atoms with van der Waals surface area (Å²) in [7, 11) is 0. The Balaban J connectivity index is 1.73. The number of benzene rings is 2. The molecule has 2 aromatic carbocycles. The van der Waals surface area contributed by atoms with E-state index in [0.29, 0.717) is 25.1 Å². The van der Waals surface area contributed by atoms with Gasteiger partial charge in [-0.15, -0.1) is 0 Å². The summed E-state index contributed by atoms with van der Waals surface area (Å²) < 4.78 is 6.01. The third kappa shape index (κ3) is 5.44. The first-order valence-electron chi connectivity index (χ1n) is 10.5. The lowest BCUT2D eigenvalue weighted by Gasteiger charge is -2.22. The van der Waals surface area contributed by atoms with Crippen molar-refractivity contribution in [1.82, 2.24) is 4.90 Å². The number of hydrogen-bond acceptors (Lipinski definition) is 4. The summed E-state index contributed by atoms with van der Waals surface area (Å²) in [5.41, 5.74) is 4.21. The number of β-amino-alcohol motifs (C(OH)–C–C–N with tert-alkyl or cyclic N) is 1. The highest BCUT2D eigenvalue weighted by molar-refractivity contribution is 5.90. The average Bonchev–Trinajstić information content (AvgIpc) is 3.24. The fourth-order valence-electron chi connectivity index (χ4n) is 4.04. The molecule has 1 aliphatic rings. The molecule has 0 aliphatic carbocycles. The number of nitrogens with zero attached hydrogens (tertiary/aromatic N) is 1. The molecule has 1 aliphatic heterocycles. The normalized spacial score (nSPS) is 16.7. The maximum Gasteiger partial charge on any atom is 0.335 e. The second kappa shape index (κ2) is 10.0. The van der Waals surface area contributed by atoms with Crippen molar-refractivity contribution in [3.63, 3.8) is 0 Å². The van der Waals surface area contributed by atoms with Crippen molar-refractivity contribution in [2.24, 2.45) is 0 Å². The van der Waals surface area contributed by atoms with Gasteiger partial charge >= 0.3 is 5.97 Å². The van der Waals surface area contributed by atoms with Gasteiger partial charge in [0.15, 0.2) is 0 Å². The Morgan fingerprint density at radius 3 is 2.59 bits per heavy atom. The van der Waals surface area contributed by atoms with E-state index in [-0.39, 0.29) is 6.10 Å². The summed E-state index contributed by atoms with van der Waals surface area (Å²) in [5, 5.41) is 19.7. The van der Waals surface area contributed by atoms with Gasteiger partial charge in [0, 0.05) is 6.54 Å². The number of carboxylic acid groups (broad SMARTS) is 1. The lowest BCUT2D eigenvalue weighted by atomic mass is 9.93. The number of carboxylic acids is 1. The van der Waals surface area contributed by atoms with Crippen LogP contribution in [0.25, 0.3) is 11.1 Å². The molecule has 2 aromatic rings. The number of aliphatic hydroxyl groups is 1. The highest BCUT2D eigenvalue weighted by atomic mass is 16.5. The number of aliphatic hydroxyl groups excluding tert-OH is 1. The number of rotatable bonds is 9. The standard InChI is InChI=1S/C24H31NO4/c1-3-18-14-19(10-11-23(18)24(27)28)22-9-5-4-8-21(22)17(2)29-16-20(26)15-25-12-6-7-13-25/h4-5,8-11,14,17,20,26H,3,6-7,12-13,15-16H2,1-2H3,(H,27,28). The van der Waals surface area contributed by atoms with Crippen LogP contribution in [0.3, 0.4) is 0 Å². The minimum atomic E-state index is -0.898. The molecule has 1 heterocycles. The molecule has 29 heavy (non-hydrogen) atoms. The van der Waals surface area contributed by atoms with Gasteiger partial charge in [-0.05, 0) is 67.6 Å². The molecular weight excluding hydrogens is 366 g/mol. The van der Waals surface area contributed by atoms with Crippen LogP contribution in [0.2, 0.25) is 0 Å². The molecular formula is C24H31NO4. The Morgan fingerprint density at radius 1 is 1.17 bits per heavy atom. The maximum absolute atomic E-state index is 11.4. The fourth-order valence-corrected chi connectivity index (χ4v) is 4.04. The van der Waals surface area contributed by atoms with E-state index < -0.39 is 12.1 Å². The van der Waals surface area contributed by atoms with E-state index in [0.717, 1.165) is 35.3 Å². The molecule has 0 amide bonds.